The molecule has 0 fully saturated rings. The van der Waals surface area contributed by atoms with E-state index in [0.717, 1.165) is 10.4 Å². The minimum Gasteiger partial charge on any atom is -0.398 e. The SMILES string of the molecule is Cc1ccc(C(=O)NCc2cncs2)c(N)c1. The van der Waals surface area contributed by atoms with E-state index < -0.39 is 0 Å². The summed E-state index contributed by atoms with van der Waals surface area (Å²) >= 11 is 1.51. The summed E-state index contributed by atoms with van der Waals surface area (Å²) < 4.78 is 0. The summed E-state index contributed by atoms with van der Waals surface area (Å²) in [7, 11) is 0. The molecule has 0 saturated heterocycles. The van der Waals surface area contributed by atoms with Gasteiger partial charge in [-0.05, 0) is 24.6 Å². The van der Waals surface area contributed by atoms with Crippen LogP contribution in [0.2, 0.25) is 0 Å². The van der Waals surface area contributed by atoms with Gasteiger partial charge < -0.3 is 11.1 Å². The van der Waals surface area contributed by atoms with Crippen molar-refractivity contribution in [2.24, 2.45) is 0 Å². The lowest BCUT2D eigenvalue weighted by atomic mass is 10.1. The van der Waals surface area contributed by atoms with Crippen molar-refractivity contribution in [3.8, 4) is 0 Å². The standard InChI is InChI=1S/C12H13N3OS/c1-8-2-3-10(11(13)4-8)12(16)15-6-9-5-14-7-17-9/h2-5,7H,6,13H2,1H3,(H,15,16). The fourth-order valence-electron chi connectivity index (χ4n) is 1.48. The second-order valence-electron chi connectivity index (χ2n) is 3.74. The van der Waals surface area contributed by atoms with Gasteiger partial charge in [-0.1, -0.05) is 6.07 Å². The number of carbonyl (C=O) groups excluding carboxylic acids is 1. The molecule has 1 aromatic carbocycles. The van der Waals surface area contributed by atoms with Crippen LogP contribution in [0, 0.1) is 6.92 Å². The van der Waals surface area contributed by atoms with E-state index in [0.29, 0.717) is 17.8 Å². The van der Waals surface area contributed by atoms with E-state index in [-0.39, 0.29) is 5.91 Å². The van der Waals surface area contributed by atoms with Gasteiger partial charge in [0.1, 0.15) is 0 Å². The molecule has 0 bridgehead atoms. The molecule has 0 unspecified atom stereocenters. The van der Waals surface area contributed by atoms with Gasteiger partial charge in [-0.3, -0.25) is 9.78 Å². The first kappa shape index (κ1) is 11.6. The Bertz CT molecular complexity index is 523. The van der Waals surface area contributed by atoms with Crippen molar-refractivity contribution >= 4 is 22.9 Å². The number of hydrogen-bond acceptors (Lipinski definition) is 4. The van der Waals surface area contributed by atoms with Crippen LogP contribution >= 0.6 is 11.3 Å². The zero-order valence-electron chi connectivity index (χ0n) is 9.43. The van der Waals surface area contributed by atoms with Gasteiger partial charge in [0.15, 0.2) is 0 Å². The second-order valence-corrected chi connectivity index (χ2v) is 4.71. The normalized spacial score (nSPS) is 10.2. The molecule has 2 rings (SSSR count). The molecule has 0 aliphatic heterocycles. The predicted octanol–water partition coefficient (Wildman–Crippen LogP) is 1.96. The van der Waals surface area contributed by atoms with Gasteiger partial charge in [0.2, 0.25) is 0 Å². The van der Waals surface area contributed by atoms with Crippen LogP contribution < -0.4 is 11.1 Å². The zero-order valence-corrected chi connectivity index (χ0v) is 10.3. The van der Waals surface area contributed by atoms with Gasteiger partial charge in [0, 0.05) is 16.8 Å². The van der Waals surface area contributed by atoms with Crippen molar-refractivity contribution < 1.29 is 4.79 Å². The molecule has 1 aromatic heterocycles. The third-order valence-electron chi connectivity index (χ3n) is 2.36. The smallest absolute Gasteiger partial charge is 0.253 e. The number of amides is 1. The highest BCUT2D eigenvalue weighted by atomic mass is 32.1. The van der Waals surface area contributed by atoms with E-state index in [2.05, 4.69) is 10.3 Å². The number of hydrogen-bond donors (Lipinski definition) is 2. The molecule has 4 nitrogen and oxygen atoms in total. The Hall–Kier alpha value is -1.88. The first-order valence-corrected chi connectivity index (χ1v) is 6.06. The van der Waals surface area contributed by atoms with Crippen LogP contribution in [0.1, 0.15) is 20.8 Å². The topological polar surface area (TPSA) is 68.0 Å². The highest BCUT2D eigenvalue weighted by Gasteiger charge is 2.09. The Morgan fingerprint density at radius 3 is 3.00 bits per heavy atom. The number of aryl methyl sites for hydroxylation is 1. The number of rotatable bonds is 3. The maximum Gasteiger partial charge on any atom is 0.253 e. The lowest BCUT2D eigenvalue weighted by molar-refractivity contribution is 0.0952. The fourth-order valence-corrected chi connectivity index (χ4v) is 2.02. The average molecular weight is 247 g/mol. The summed E-state index contributed by atoms with van der Waals surface area (Å²) in [6.45, 7) is 2.42. The molecule has 0 atom stereocenters. The van der Waals surface area contributed by atoms with Gasteiger partial charge in [-0.25, -0.2) is 0 Å². The third kappa shape index (κ3) is 2.82. The molecule has 17 heavy (non-hydrogen) atoms. The van der Waals surface area contributed by atoms with E-state index in [9.17, 15) is 4.79 Å². The molecule has 88 valence electrons. The van der Waals surface area contributed by atoms with Crippen molar-refractivity contribution in [1.29, 1.82) is 0 Å². The number of nitrogens with one attached hydrogen (secondary N) is 1. The van der Waals surface area contributed by atoms with Crippen molar-refractivity contribution in [2.75, 3.05) is 5.73 Å². The van der Waals surface area contributed by atoms with Crippen molar-refractivity contribution in [1.82, 2.24) is 10.3 Å². The molecule has 1 heterocycles. The molecule has 0 saturated carbocycles. The van der Waals surface area contributed by atoms with Crippen LogP contribution in [0.4, 0.5) is 5.69 Å². The quantitative estimate of drug-likeness (QED) is 0.815. The van der Waals surface area contributed by atoms with Crippen LogP contribution in [-0.4, -0.2) is 10.9 Å². The molecular weight excluding hydrogens is 234 g/mol. The van der Waals surface area contributed by atoms with Crippen molar-refractivity contribution in [3.05, 3.63) is 45.9 Å². The number of nitrogens with two attached hydrogens (primary N) is 1. The summed E-state index contributed by atoms with van der Waals surface area (Å²) in [6.07, 6.45) is 1.74. The Morgan fingerprint density at radius 2 is 2.35 bits per heavy atom. The molecule has 2 aromatic rings. The van der Waals surface area contributed by atoms with Crippen LogP contribution in [0.3, 0.4) is 0 Å². The first-order valence-electron chi connectivity index (χ1n) is 5.18. The highest BCUT2D eigenvalue weighted by molar-refractivity contribution is 7.09. The Kier molecular flexibility index (Phi) is 3.39. The number of aromatic nitrogens is 1. The maximum atomic E-state index is 11.9. The Balaban J connectivity index is 2.04. The lowest BCUT2D eigenvalue weighted by Crippen LogP contribution is -2.23. The zero-order chi connectivity index (χ0) is 12.3. The van der Waals surface area contributed by atoms with E-state index >= 15 is 0 Å². The van der Waals surface area contributed by atoms with Gasteiger partial charge in [-0.2, -0.15) is 0 Å². The summed E-state index contributed by atoms with van der Waals surface area (Å²) in [5.41, 5.74) is 9.60. The number of thiazole rings is 1. The van der Waals surface area contributed by atoms with Gasteiger partial charge >= 0.3 is 0 Å². The summed E-state index contributed by atoms with van der Waals surface area (Å²) in [4.78, 5) is 16.8. The summed E-state index contributed by atoms with van der Waals surface area (Å²) in [6, 6.07) is 5.41. The van der Waals surface area contributed by atoms with Gasteiger partial charge in [0.05, 0.1) is 17.6 Å². The highest BCUT2D eigenvalue weighted by Crippen LogP contribution is 2.14. The molecule has 0 aliphatic carbocycles. The molecule has 3 N–H and O–H groups in total. The molecule has 0 spiro atoms. The number of anilines is 1. The molecular formula is C12H13N3OS. The summed E-state index contributed by atoms with van der Waals surface area (Å²) in [5.74, 6) is -0.157. The summed E-state index contributed by atoms with van der Waals surface area (Å²) in [5, 5.41) is 2.81. The second kappa shape index (κ2) is 4.97. The number of nitrogens with zero attached hydrogens (tertiary/aromatic N) is 1. The minimum atomic E-state index is -0.157. The van der Waals surface area contributed by atoms with E-state index in [1.807, 2.05) is 13.0 Å². The molecule has 1 amide bonds. The van der Waals surface area contributed by atoms with Gasteiger partial charge in [0.25, 0.3) is 5.91 Å². The maximum absolute atomic E-state index is 11.9. The lowest BCUT2D eigenvalue weighted by Gasteiger charge is -2.07. The third-order valence-corrected chi connectivity index (χ3v) is 3.14. The Labute approximate surface area is 103 Å². The fraction of sp³-hybridized carbons (Fsp3) is 0.167. The van der Waals surface area contributed by atoms with Crippen molar-refractivity contribution in [2.45, 2.75) is 13.5 Å². The number of carbonyl (C=O) groups is 1. The van der Waals surface area contributed by atoms with Crippen molar-refractivity contribution in [3.63, 3.8) is 0 Å². The van der Waals surface area contributed by atoms with Crippen LogP contribution in [0.25, 0.3) is 0 Å². The minimum absolute atomic E-state index is 0.157. The van der Waals surface area contributed by atoms with Crippen LogP contribution in [0.5, 0.6) is 0 Å². The van der Waals surface area contributed by atoms with Gasteiger partial charge in [-0.15, -0.1) is 11.3 Å². The van der Waals surface area contributed by atoms with E-state index in [4.69, 9.17) is 5.73 Å². The molecule has 5 heteroatoms. The van der Waals surface area contributed by atoms with Crippen LogP contribution in [0.15, 0.2) is 29.9 Å². The predicted molar refractivity (Wildman–Crippen MR) is 68.9 cm³/mol. The number of benzene rings is 1. The number of nitrogen functional groups attached to an aromatic ring is 1. The van der Waals surface area contributed by atoms with Crippen LogP contribution in [-0.2, 0) is 6.54 Å². The molecule has 0 radical (unpaired) electrons. The van der Waals surface area contributed by atoms with E-state index in [1.54, 1.807) is 23.8 Å². The molecule has 0 aliphatic rings. The average Bonchev–Trinajstić information content (AvgIpc) is 2.78. The monoisotopic (exact) mass is 247 g/mol. The Morgan fingerprint density at radius 1 is 1.53 bits per heavy atom. The largest absolute Gasteiger partial charge is 0.398 e. The van der Waals surface area contributed by atoms with E-state index in [1.165, 1.54) is 11.3 Å². The first-order chi connectivity index (χ1) is 8.16.